The second-order valence-corrected chi connectivity index (χ2v) is 6.69. The maximum absolute atomic E-state index is 13.5. The van der Waals surface area contributed by atoms with Crippen molar-refractivity contribution in [2.45, 2.75) is 19.5 Å². The smallest absolute Gasteiger partial charge is 0.257 e. The van der Waals surface area contributed by atoms with E-state index in [2.05, 4.69) is 5.10 Å². The molecule has 0 bridgehead atoms. The van der Waals surface area contributed by atoms with Crippen molar-refractivity contribution in [2.75, 3.05) is 7.05 Å². The number of benzene rings is 2. The third-order valence-electron chi connectivity index (χ3n) is 4.50. The summed E-state index contributed by atoms with van der Waals surface area (Å²) >= 11 is 6.15. The van der Waals surface area contributed by atoms with Gasteiger partial charge in [0, 0.05) is 18.3 Å². The highest BCUT2D eigenvalue weighted by Crippen LogP contribution is 2.23. The molecule has 1 atom stereocenters. The van der Waals surface area contributed by atoms with E-state index in [0.29, 0.717) is 22.7 Å². The molecule has 0 saturated carbocycles. The van der Waals surface area contributed by atoms with Crippen LogP contribution in [0.25, 0.3) is 0 Å². The van der Waals surface area contributed by atoms with E-state index in [-0.39, 0.29) is 5.91 Å². The zero-order chi connectivity index (χ0) is 19.6. The third-order valence-corrected chi connectivity index (χ3v) is 4.87. The van der Waals surface area contributed by atoms with Crippen LogP contribution in [0.15, 0.2) is 54.9 Å². The van der Waals surface area contributed by atoms with E-state index >= 15 is 0 Å². The zero-order valence-corrected chi connectivity index (χ0v) is 15.6. The molecule has 1 amide bonds. The maximum atomic E-state index is 13.5. The van der Waals surface area contributed by atoms with Gasteiger partial charge in [0.25, 0.3) is 5.91 Å². The van der Waals surface area contributed by atoms with Crippen molar-refractivity contribution in [3.63, 3.8) is 0 Å². The molecule has 1 unspecified atom stereocenters. The van der Waals surface area contributed by atoms with Gasteiger partial charge in [-0.15, -0.1) is 0 Å². The van der Waals surface area contributed by atoms with Gasteiger partial charge in [0.2, 0.25) is 0 Å². The summed E-state index contributed by atoms with van der Waals surface area (Å²) in [6, 6.07) is 10.6. The second-order valence-electron chi connectivity index (χ2n) is 6.28. The van der Waals surface area contributed by atoms with Gasteiger partial charge in [-0.25, -0.2) is 8.78 Å². The first-order valence-corrected chi connectivity index (χ1v) is 8.72. The van der Waals surface area contributed by atoms with E-state index in [1.807, 2.05) is 18.2 Å². The SMILES string of the molecule is CC(c1ccc(F)c(F)c1)N(C)C(=O)c1cnn(Cc2ccccc2Cl)c1. The van der Waals surface area contributed by atoms with Gasteiger partial charge in [0.1, 0.15) is 0 Å². The number of carbonyl (C=O) groups excluding carboxylic acids is 1. The summed E-state index contributed by atoms with van der Waals surface area (Å²) in [6.07, 6.45) is 3.12. The Morgan fingerprint density at radius 3 is 2.67 bits per heavy atom. The summed E-state index contributed by atoms with van der Waals surface area (Å²) in [5.41, 5.74) is 1.80. The molecule has 0 aliphatic carbocycles. The first-order chi connectivity index (χ1) is 12.9. The van der Waals surface area contributed by atoms with Gasteiger partial charge >= 0.3 is 0 Å². The van der Waals surface area contributed by atoms with Crippen LogP contribution in [0, 0.1) is 11.6 Å². The van der Waals surface area contributed by atoms with Gasteiger partial charge in [-0.05, 0) is 36.2 Å². The minimum atomic E-state index is -0.937. The number of aromatic nitrogens is 2. The summed E-state index contributed by atoms with van der Waals surface area (Å²) in [5, 5.41) is 4.84. The van der Waals surface area contributed by atoms with Crippen LogP contribution >= 0.6 is 11.6 Å². The van der Waals surface area contributed by atoms with Crippen molar-refractivity contribution < 1.29 is 13.6 Å². The lowest BCUT2D eigenvalue weighted by molar-refractivity contribution is 0.0742. The normalized spacial score (nSPS) is 12.0. The summed E-state index contributed by atoms with van der Waals surface area (Å²) in [7, 11) is 1.61. The number of amides is 1. The molecule has 0 saturated heterocycles. The van der Waals surface area contributed by atoms with E-state index in [1.54, 1.807) is 30.9 Å². The summed E-state index contributed by atoms with van der Waals surface area (Å²) in [6.45, 7) is 2.19. The van der Waals surface area contributed by atoms with Crippen LogP contribution in [0.3, 0.4) is 0 Å². The maximum Gasteiger partial charge on any atom is 0.257 e. The lowest BCUT2D eigenvalue weighted by Crippen LogP contribution is -2.29. The fraction of sp³-hybridized carbons (Fsp3) is 0.200. The number of halogens is 3. The van der Waals surface area contributed by atoms with E-state index in [4.69, 9.17) is 11.6 Å². The van der Waals surface area contributed by atoms with Gasteiger partial charge in [-0.3, -0.25) is 9.48 Å². The van der Waals surface area contributed by atoms with Crippen LogP contribution in [0.4, 0.5) is 8.78 Å². The molecule has 0 aliphatic rings. The molecule has 1 heterocycles. The first kappa shape index (κ1) is 19.0. The predicted molar refractivity (Wildman–Crippen MR) is 99.6 cm³/mol. The van der Waals surface area contributed by atoms with Crippen molar-refractivity contribution in [2.24, 2.45) is 0 Å². The highest BCUT2D eigenvalue weighted by atomic mass is 35.5. The van der Waals surface area contributed by atoms with Crippen LogP contribution in [-0.4, -0.2) is 27.6 Å². The van der Waals surface area contributed by atoms with Gasteiger partial charge in [0.15, 0.2) is 11.6 Å². The Labute approximate surface area is 161 Å². The molecule has 27 heavy (non-hydrogen) atoms. The quantitative estimate of drug-likeness (QED) is 0.634. The van der Waals surface area contributed by atoms with Crippen molar-refractivity contribution >= 4 is 17.5 Å². The van der Waals surface area contributed by atoms with Crippen molar-refractivity contribution in [1.82, 2.24) is 14.7 Å². The van der Waals surface area contributed by atoms with Crippen LogP contribution in [0.2, 0.25) is 5.02 Å². The summed E-state index contributed by atoms with van der Waals surface area (Å²) < 4.78 is 28.2. The Balaban J connectivity index is 1.74. The van der Waals surface area contributed by atoms with E-state index in [0.717, 1.165) is 17.7 Å². The minimum absolute atomic E-state index is 0.266. The molecule has 4 nitrogen and oxygen atoms in total. The summed E-state index contributed by atoms with van der Waals surface area (Å²) in [5.74, 6) is -2.12. The molecular weight excluding hydrogens is 372 g/mol. The first-order valence-electron chi connectivity index (χ1n) is 8.35. The number of nitrogens with zero attached hydrogens (tertiary/aromatic N) is 3. The molecule has 0 radical (unpaired) electrons. The molecule has 0 fully saturated rings. The van der Waals surface area contributed by atoms with Crippen molar-refractivity contribution in [3.8, 4) is 0 Å². The topological polar surface area (TPSA) is 38.1 Å². The van der Waals surface area contributed by atoms with E-state index in [9.17, 15) is 13.6 Å². The fourth-order valence-corrected chi connectivity index (χ4v) is 2.93. The van der Waals surface area contributed by atoms with Gasteiger partial charge in [0.05, 0.1) is 24.3 Å². The van der Waals surface area contributed by atoms with Crippen LogP contribution < -0.4 is 0 Å². The van der Waals surface area contributed by atoms with Crippen molar-refractivity contribution in [3.05, 3.63) is 88.2 Å². The highest BCUT2D eigenvalue weighted by molar-refractivity contribution is 6.31. The van der Waals surface area contributed by atoms with Gasteiger partial charge in [-0.2, -0.15) is 5.10 Å². The lowest BCUT2D eigenvalue weighted by atomic mass is 10.1. The van der Waals surface area contributed by atoms with Gasteiger partial charge in [-0.1, -0.05) is 35.9 Å². The fourth-order valence-electron chi connectivity index (χ4n) is 2.74. The molecule has 1 aromatic heterocycles. The molecule has 0 N–H and O–H groups in total. The highest BCUT2D eigenvalue weighted by Gasteiger charge is 2.21. The Morgan fingerprint density at radius 1 is 1.22 bits per heavy atom. The van der Waals surface area contributed by atoms with Crippen LogP contribution in [0.1, 0.15) is 34.5 Å². The standard InChI is InChI=1S/C20H18ClF2N3O/c1-13(14-7-8-18(22)19(23)9-14)25(2)20(27)16-10-24-26(12-16)11-15-5-3-4-6-17(15)21/h3-10,12-13H,11H2,1-2H3. The Kier molecular flexibility index (Phi) is 5.56. The van der Waals surface area contributed by atoms with Crippen LogP contribution in [0.5, 0.6) is 0 Å². The van der Waals surface area contributed by atoms with E-state index in [1.165, 1.54) is 17.2 Å². The Hall–Kier alpha value is -2.73. The molecule has 3 aromatic rings. The average Bonchev–Trinajstić information content (AvgIpc) is 3.12. The molecule has 3 rings (SSSR count). The lowest BCUT2D eigenvalue weighted by Gasteiger charge is -2.25. The number of carbonyl (C=O) groups is 1. The molecular formula is C20H18ClF2N3O. The zero-order valence-electron chi connectivity index (χ0n) is 14.9. The number of hydrogen-bond acceptors (Lipinski definition) is 2. The van der Waals surface area contributed by atoms with Gasteiger partial charge < -0.3 is 4.90 Å². The number of hydrogen-bond donors (Lipinski definition) is 0. The monoisotopic (exact) mass is 389 g/mol. The Bertz CT molecular complexity index is 973. The van der Waals surface area contributed by atoms with Crippen molar-refractivity contribution in [1.29, 1.82) is 0 Å². The molecule has 2 aromatic carbocycles. The largest absolute Gasteiger partial charge is 0.335 e. The third kappa shape index (κ3) is 4.17. The minimum Gasteiger partial charge on any atom is -0.335 e. The number of rotatable bonds is 5. The Morgan fingerprint density at radius 2 is 1.96 bits per heavy atom. The molecule has 140 valence electrons. The average molecular weight is 390 g/mol. The van der Waals surface area contributed by atoms with Crippen LogP contribution in [-0.2, 0) is 6.54 Å². The molecule has 0 spiro atoms. The second kappa shape index (κ2) is 7.88. The molecule has 0 aliphatic heterocycles. The van der Waals surface area contributed by atoms with E-state index < -0.39 is 17.7 Å². The predicted octanol–water partition coefficient (Wildman–Crippen LogP) is 4.70. The molecule has 7 heteroatoms. The summed E-state index contributed by atoms with van der Waals surface area (Å²) in [4.78, 5) is 14.2.